The van der Waals surface area contributed by atoms with Crippen LogP contribution in [0.2, 0.25) is 0 Å². The summed E-state index contributed by atoms with van der Waals surface area (Å²) >= 11 is 0. The molecule has 0 aliphatic carbocycles. The summed E-state index contributed by atoms with van der Waals surface area (Å²) in [5, 5.41) is 0. The van der Waals surface area contributed by atoms with Gasteiger partial charge in [0.25, 0.3) is 5.56 Å². The number of aromatic nitrogens is 1. The van der Waals surface area contributed by atoms with E-state index in [2.05, 4.69) is 0 Å². The normalized spacial score (nSPS) is 22.0. The molecule has 1 aromatic heterocycles. The second kappa shape index (κ2) is 3.22. The fourth-order valence-electron chi connectivity index (χ4n) is 1.56. The van der Waals surface area contributed by atoms with Gasteiger partial charge in [-0.05, 0) is 18.6 Å². The molecule has 1 aliphatic rings. The highest BCUT2D eigenvalue weighted by atomic mass is 16.5. The Morgan fingerprint density at radius 1 is 1.62 bits per heavy atom. The summed E-state index contributed by atoms with van der Waals surface area (Å²) < 4.78 is 6.86. The highest BCUT2D eigenvalue weighted by Gasteiger charge is 2.18. The fourth-order valence-corrected chi connectivity index (χ4v) is 1.56. The highest BCUT2D eigenvalue weighted by molar-refractivity contribution is 5.33. The van der Waals surface area contributed by atoms with Gasteiger partial charge in [-0.15, -0.1) is 0 Å². The molecule has 70 valence electrons. The number of anilines is 1. The highest BCUT2D eigenvalue weighted by Crippen LogP contribution is 2.16. The van der Waals surface area contributed by atoms with Crippen LogP contribution in [0.25, 0.3) is 0 Å². The molecule has 0 bridgehead atoms. The maximum absolute atomic E-state index is 11.5. The van der Waals surface area contributed by atoms with Crippen molar-refractivity contribution in [2.75, 3.05) is 18.9 Å². The maximum Gasteiger partial charge on any atom is 0.273 e. The van der Waals surface area contributed by atoms with Crippen molar-refractivity contribution in [1.82, 2.24) is 4.57 Å². The molecule has 0 unspecified atom stereocenters. The van der Waals surface area contributed by atoms with Gasteiger partial charge in [-0.1, -0.05) is 0 Å². The van der Waals surface area contributed by atoms with Crippen LogP contribution in [0.3, 0.4) is 0 Å². The van der Waals surface area contributed by atoms with Gasteiger partial charge in [0.15, 0.2) is 0 Å². The zero-order chi connectivity index (χ0) is 9.26. The van der Waals surface area contributed by atoms with Gasteiger partial charge < -0.3 is 15.0 Å². The van der Waals surface area contributed by atoms with E-state index in [1.165, 1.54) is 0 Å². The van der Waals surface area contributed by atoms with Crippen molar-refractivity contribution in [3.8, 4) is 0 Å². The van der Waals surface area contributed by atoms with Gasteiger partial charge >= 0.3 is 0 Å². The summed E-state index contributed by atoms with van der Waals surface area (Å²) in [5.41, 5.74) is 5.70. The van der Waals surface area contributed by atoms with Crippen molar-refractivity contribution >= 4 is 5.69 Å². The van der Waals surface area contributed by atoms with Crippen LogP contribution in [0.4, 0.5) is 5.69 Å². The molecular weight excluding hydrogens is 168 g/mol. The van der Waals surface area contributed by atoms with Crippen LogP contribution in [0, 0.1) is 0 Å². The maximum atomic E-state index is 11.5. The molecule has 0 radical (unpaired) electrons. The summed E-state index contributed by atoms with van der Waals surface area (Å²) in [6, 6.07) is 3.57. The van der Waals surface area contributed by atoms with E-state index in [0.717, 1.165) is 13.0 Å². The van der Waals surface area contributed by atoms with E-state index in [9.17, 15) is 4.79 Å². The molecule has 1 aromatic rings. The Morgan fingerprint density at radius 2 is 2.46 bits per heavy atom. The zero-order valence-corrected chi connectivity index (χ0v) is 7.27. The standard InChI is InChI=1S/C9H12N2O2/c10-8-2-1-4-11(9(8)12)7-3-5-13-6-7/h1-2,4,7H,3,5-6,10H2/t7-/m0/s1. The summed E-state index contributed by atoms with van der Waals surface area (Å²) in [6.07, 6.45) is 2.65. The number of nitrogen functional groups attached to an aromatic ring is 1. The van der Waals surface area contributed by atoms with Crippen molar-refractivity contribution in [2.24, 2.45) is 0 Å². The number of hydrogen-bond donors (Lipinski definition) is 1. The van der Waals surface area contributed by atoms with Gasteiger partial charge in [-0.2, -0.15) is 0 Å². The van der Waals surface area contributed by atoms with Crippen LogP contribution in [-0.4, -0.2) is 17.8 Å². The molecule has 0 spiro atoms. The molecule has 2 heterocycles. The lowest BCUT2D eigenvalue weighted by atomic mass is 10.2. The van der Waals surface area contributed by atoms with Crippen molar-refractivity contribution < 1.29 is 4.74 Å². The Labute approximate surface area is 75.9 Å². The Morgan fingerprint density at radius 3 is 3.15 bits per heavy atom. The molecular formula is C9H12N2O2. The van der Waals surface area contributed by atoms with Crippen LogP contribution in [0.5, 0.6) is 0 Å². The SMILES string of the molecule is Nc1cccn([C@H]2CCOC2)c1=O. The van der Waals surface area contributed by atoms with Crippen LogP contribution in [-0.2, 0) is 4.74 Å². The van der Waals surface area contributed by atoms with Gasteiger partial charge in [-0.3, -0.25) is 4.79 Å². The third-order valence-corrected chi connectivity index (χ3v) is 2.30. The van der Waals surface area contributed by atoms with Gasteiger partial charge in [0.05, 0.1) is 18.3 Å². The Bertz CT molecular complexity index is 353. The first-order chi connectivity index (χ1) is 6.29. The number of nitrogens with zero attached hydrogens (tertiary/aromatic N) is 1. The lowest BCUT2D eigenvalue weighted by molar-refractivity contribution is 0.186. The summed E-state index contributed by atoms with van der Waals surface area (Å²) in [6.45, 7) is 1.34. The lowest BCUT2D eigenvalue weighted by Gasteiger charge is -2.11. The Balaban J connectivity index is 2.39. The van der Waals surface area contributed by atoms with Crippen LogP contribution in [0.15, 0.2) is 23.1 Å². The van der Waals surface area contributed by atoms with E-state index in [1.54, 1.807) is 22.9 Å². The van der Waals surface area contributed by atoms with E-state index in [0.29, 0.717) is 12.3 Å². The Kier molecular flexibility index (Phi) is 2.06. The van der Waals surface area contributed by atoms with Crippen LogP contribution in [0.1, 0.15) is 12.5 Å². The first-order valence-corrected chi connectivity index (χ1v) is 4.33. The van der Waals surface area contributed by atoms with E-state index in [4.69, 9.17) is 10.5 Å². The molecule has 0 saturated carbocycles. The van der Waals surface area contributed by atoms with Gasteiger partial charge in [0, 0.05) is 12.8 Å². The first-order valence-electron chi connectivity index (χ1n) is 4.33. The average Bonchev–Trinajstić information content (AvgIpc) is 2.62. The fraction of sp³-hybridized carbons (Fsp3) is 0.444. The van der Waals surface area contributed by atoms with Gasteiger partial charge in [0.1, 0.15) is 0 Å². The quantitative estimate of drug-likeness (QED) is 0.680. The molecule has 13 heavy (non-hydrogen) atoms. The third-order valence-electron chi connectivity index (χ3n) is 2.30. The molecule has 0 amide bonds. The van der Waals surface area contributed by atoms with Gasteiger partial charge in [0.2, 0.25) is 0 Å². The van der Waals surface area contributed by atoms with Crippen molar-refractivity contribution in [3.05, 3.63) is 28.7 Å². The second-order valence-electron chi connectivity index (χ2n) is 3.19. The van der Waals surface area contributed by atoms with E-state index in [1.807, 2.05) is 0 Å². The smallest absolute Gasteiger partial charge is 0.273 e. The number of rotatable bonds is 1. The summed E-state index contributed by atoms with van der Waals surface area (Å²) in [5.74, 6) is 0. The summed E-state index contributed by atoms with van der Waals surface area (Å²) in [7, 11) is 0. The number of ether oxygens (including phenoxy) is 1. The van der Waals surface area contributed by atoms with Crippen molar-refractivity contribution in [3.63, 3.8) is 0 Å². The monoisotopic (exact) mass is 180 g/mol. The predicted octanol–water partition coefficient (Wildman–Crippen LogP) is 0.392. The topological polar surface area (TPSA) is 57.2 Å². The average molecular weight is 180 g/mol. The number of pyridine rings is 1. The zero-order valence-electron chi connectivity index (χ0n) is 7.27. The lowest BCUT2D eigenvalue weighted by Crippen LogP contribution is -2.26. The molecule has 2 N–H and O–H groups in total. The van der Waals surface area contributed by atoms with Crippen molar-refractivity contribution in [1.29, 1.82) is 0 Å². The largest absolute Gasteiger partial charge is 0.394 e. The molecule has 0 aromatic carbocycles. The van der Waals surface area contributed by atoms with Gasteiger partial charge in [-0.25, -0.2) is 0 Å². The minimum Gasteiger partial charge on any atom is -0.394 e. The third kappa shape index (κ3) is 1.45. The minimum atomic E-state index is -0.113. The molecule has 1 atom stereocenters. The minimum absolute atomic E-state index is 0.113. The van der Waals surface area contributed by atoms with Crippen molar-refractivity contribution in [2.45, 2.75) is 12.5 Å². The predicted molar refractivity (Wildman–Crippen MR) is 49.6 cm³/mol. The summed E-state index contributed by atoms with van der Waals surface area (Å²) in [4.78, 5) is 11.5. The van der Waals surface area contributed by atoms with E-state index >= 15 is 0 Å². The number of nitrogens with two attached hydrogens (primary N) is 1. The van der Waals surface area contributed by atoms with E-state index < -0.39 is 0 Å². The molecule has 1 fully saturated rings. The molecule has 4 heteroatoms. The van der Waals surface area contributed by atoms with Crippen LogP contribution < -0.4 is 11.3 Å². The Hall–Kier alpha value is -1.29. The number of hydrogen-bond acceptors (Lipinski definition) is 3. The molecule has 4 nitrogen and oxygen atoms in total. The first kappa shape index (κ1) is 8.31. The van der Waals surface area contributed by atoms with E-state index in [-0.39, 0.29) is 11.6 Å². The second-order valence-corrected chi connectivity index (χ2v) is 3.19. The molecule has 2 rings (SSSR count). The molecule has 1 saturated heterocycles. The van der Waals surface area contributed by atoms with Crippen LogP contribution >= 0.6 is 0 Å². The molecule has 1 aliphatic heterocycles.